The predicted octanol–water partition coefficient (Wildman–Crippen LogP) is 0.132. The molecule has 2 N–H and O–H groups in total. The van der Waals surface area contributed by atoms with Crippen molar-refractivity contribution >= 4 is 0 Å². The van der Waals surface area contributed by atoms with Crippen molar-refractivity contribution in [2.24, 2.45) is 5.73 Å². The zero-order valence-electron chi connectivity index (χ0n) is 10.2. The van der Waals surface area contributed by atoms with E-state index in [1.54, 1.807) is 0 Å². The predicted molar refractivity (Wildman–Crippen MR) is 65.5 cm³/mol. The third-order valence-electron chi connectivity index (χ3n) is 3.52. The highest BCUT2D eigenvalue weighted by molar-refractivity contribution is 4.85. The minimum atomic E-state index is 0.820. The summed E-state index contributed by atoms with van der Waals surface area (Å²) in [6.45, 7) is 8.45. The van der Waals surface area contributed by atoms with E-state index in [0.29, 0.717) is 0 Å². The molecule has 1 aliphatic carbocycles. The molecule has 0 aromatic rings. The summed E-state index contributed by atoms with van der Waals surface area (Å²) in [6.07, 6.45) is 3.93. The molecular weight excluding hydrogens is 202 g/mol. The number of rotatable bonds is 7. The van der Waals surface area contributed by atoms with Crippen molar-refractivity contribution in [1.82, 2.24) is 9.80 Å². The topological polar surface area (TPSA) is 41.7 Å². The summed E-state index contributed by atoms with van der Waals surface area (Å²) < 4.78 is 5.36. The zero-order chi connectivity index (χ0) is 11.2. The Morgan fingerprint density at radius 3 is 2.56 bits per heavy atom. The first-order valence-corrected chi connectivity index (χ1v) is 6.64. The molecule has 0 aromatic carbocycles. The van der Waals surface area contributed by atoms with E-state index in [2.05, 4.69) is 9.80 Å². The van der Waals surface area contributed by atoms with Crippen LogP contribution < -0.4 is 5.73 Å². The monoisotopic (exact) mass is 227 g/mol. The van der Waals surface area contributed by atoms with Gasteiger partial charge >= 0.3 is 0 Å². The molecule has 16 heavy (non-hydrogen) atoms. The van der Waals surface area contributed by atoms with Crippen molar-refractivity contribution in [3.63, 3.8) is 0 Å². The number of nitrogens with two attached hydrogens (primary N) is 1. The molecule has 2 aliphatic rings. The number of nitrogens with zero attached hydrogens (tertiary/aromatic N) is 2. The van der Waals surface area contributed by atoms with Crippen LogP contribution in [0.25, 0.3) is 0 Å². The lowest BCUT2D eigenvalue weighted by Crippen LogP contribution is -2.42. The zero-order valence-corrected chi connectivity index (χ0v) is 10.2. The maximum Gasteiger partial charge on any atom is 0.0594 e. The van der Waals surface area contributed by atoms with Gasteiger partial charge in [0.1, 0.15) is 0 Å². The van der Waals surface area contributed by atoms with E-state index < -0.39 is 0 Å². The van der Waals surface area contributed by atoms with Gasteiger partial charge in [0, 0.05) is 32.2 Å². The number of ether oxygens (including phenoxy) is 1. The molecule has 0 aromatic heterocycles. The first-order chi connectivity index (χ1) is 7.90. The number of hydrogen-bond acceptors (Lipinski definition) is 4. The lowest BCUT2D eigenvalue weighted by molar-refractivity contribution is 0.0329. The van der Waals surface area contributed by atoms with Crippen LogP contribution in [0.3, 0.4) is 0 Å². The van der Waals surface area contributed by atoms with E-state index in [1.807, 2.05) is 0 Å². The van der Waals surface area contributed by atoms with Crippen molar-refractivity contribution in [3.8, 4) is 0 Å². The summed E-state index contributed by atoms with van der Waals surface area (Å²) >= 11 is 0. The minimum absolute atomic E-state index is 0.820. The summed E-state index contributed by atoms with van der Waals surface area (Å²) in [5, 5.41) is 0. The number of morpholine rings is 1. The van der Waals surface area contributed by atoms with Gasteiger partial charge in [-0.25, -0.2) is 0 Å². The van der Waals surface area contributed by atoms with Crippen LogP contribution in [0.5, 0.6) is 0 Å². The highest BCUT2D eigenvalue weighted by Crippen LogP contribution is 2.26. The minimum Gasteiger partial charge on any atom is -0.379 e. The fourth-order valence-electron chi connectivity index (χ4n) is 2.31. The summed E-state index contributed by atoms with van der Waals surface area (Å²) in [5.74, 6) is 0. The Bertz CT molecular complexity index is 191. The van der Waals surface area contributed by atoms with Crippen LogP contribution in [0.15, 0.2) is 0 Å². The van der Waals surface area contributed by atoms with E-state index in [0.717, 1.165) is 45.3 Å². The molecule has 4 heteroatoms. The maximum atomic E-state index is 5.58. The molecule has 0 radical (unpaired) electrons. The first-order valence-electron chi connectivity index (χ1n) is 6.64. The SMILES string of the molecule is NCCCN(CCN1CCOCC1)C1CC1. The van der Waals surface area contributed by atoms with Gasteiger partial charge in [-0.3, -0.25) is 9.80 Å². The van der Waals surface area contributed by atoms with Gasteiger partial charge in [0.05, 0.1) is 13.2 Å². The van der Waals surface area contributed by atoms with Crippen LogP contribution in [-0.2, 0) is 4.74 Å². The van der Waals surface area contributed by atoms with Crippen LogP contribution in [0.4, 0.5) is 0 Å². The summed E-state index contributed by atoms with van der Waals surface area (Å²) in [7, 11) is 0. The van der Waals surface area contributed by atoms with E-state index in [4.69, 9.17) is 10.5 Å². The Morgan fingerprint density at radius 1 is 1.19 bits per heavy atom. The van der Waals surface area contributed by atoms with Gasteiger partial charge in [-0.15, -0.1) is 0 Å². The molecule has 1 saturated carbocycles. The third kappa shape index (κ3) is 4.01. The quantitative estimate of drug-likeness (QED) is 0.671. The van der Waals surface area contributed by atoms with Crippen molar-refractivity contribution in [2.75, 3.05) is 52.5 Å². The van der Waals surface area contributed by atoms with E-state index in [-0.39, 0.29) is 0 Å². The first kappa shape index (κ1) is 12.3. The molecule has 4 nitrogen and oxygen atoms in total. The fourth-order valence-corrected chi connectivity index (χ4v) is 2.31. The summed E-state index contributed by atoms with van der Waals surface area (Å²) in [4.78, 5) is 5.14. The molecule has 0 unspecified atom stereocenters. The van der Waals surface area contributed by atoms with E-state index in [9.17, 15) is 0 Å². The van der Waals surface area contributed by atoms with Gasteiger partial charge in [0.2, 0.25) is 0 Å². The molecule has 1 heterocycles. The van der Waals surface area contributed by atoms with Crippen LogP contribution >= 0.6 is 0 Å². The Kier molecular flexibility index (Phi) is 5.03. The number of hydrogen-bond donors (Lipinski definition) is 1. The largest absolute Gasteiger partial charge is 0.379 e. The van der Waals surface area contributed by atoms with Gasteiger partial charge < -0.3 is 10.5 Å². The Hall–Kier alpha value is -0.160. The molecule has 2 fully saturated rings. The molecule has 1 aliphatic heterocycles. The average Bonchev–Trinajstić information content (AvgIpc) is 3.15. The molecule has 1 saturated heterocycles. The summed E-state index contributed by atoms with van der Waals surface area (Å²) in [5.41, 5.74) is 5.58. The molecule has 0 spiro atoms. The average molecular weight is 227 g/mol. The summed E-state index contributed by atoms with van der Waals surface area (Å²) in [6, 6.07) is 0.868. The fraction of sp³-hybridized carbons (Fsp3) is 1.00. The van der Waals surface area contributed by atoms with Gasteiger partial charge in [-0.2, -0.15) is 0 Å². The van der Waals surface area contributed by atoms with Gasteiger partial charge in [0.15, 0.2) is 0 Å². The van der Waals surface area contributed by atoms with Crippen molar-refractivity contribution < 1.29 is 4.74 Å². The lowest BCUT2D eigenvalue weighted by Gasteiger charge is -2.30. The van der Waals surface area contributed by atoms with Crippen molar-refractivity contribution in [2.45, 2.75) is 25.3 Å². The molecular formula is C12H25N3O. The second-order valence-corrected chi connectivity index (χ2v) is 4.86. The molecule has 2 rings (SSSR count). The lowest BCUT2D eigenvalue weighted by atomic mass is 10.3. The highest BCUT2D eigenvalue weighted by atomic mass is 16.5. The molecule has 94 valence electrons. The smallest absolute Gasteiger partial charge is 0.0594 e. The van der Waals surface area contributed by atoms with Gasteiger partial charge in [0.25, 0.3) is 0 Å². The molecule has 0 amide bonds. The van der Waals surface area contributed by atoms with Gasteiger partial charge in [-0.05, 0) is 32.4 Å². The van der Waals surface area contributed by atoms with Crippen LogP contribution in [0, 0.1) is 0 Å². The van der Waals surface area contributed by atoms with Crippen molar-refractivity contribution in [1.29, 1.82) is 0 Å². The van der Waals surface area contributed by atoms with Crippen LogP contribution in [0.2, 0.25) is 0 Å². The van der Waals surface area contributed by atoms with Crippen LogP contribution in [0.1, 0.15) is 19.3 Å². The second-order valence-electron chi connectivity index (χ2n) is 4.86. The standard InChI is InChI=1S/C12H25N3O/c13-4-1-5-15(12-2-3-12)7-6-14-8-10-16-11-9-14/h12H,1-11,13H2. The highest BCUT2D eigenvalue weighted by Gasteiger charge is 2.28. The maximum absolute atomic E-state index is 5.58. The normalized spacial score (nSPS) is 22.9. The molecule has 0 atom stereocenters. The Morgan fingerprint density at radius 2 is 1.94 bits per heavy atom. The van der Waals surface area contributed by atoms with Crippen LogP contribution in [-0.4, -0.2) is 68.3 Å². The van der Waals surface area contributed by atoms with Crippen molar-refractivity contribution in [3.05, 3.63) is 0 Å². The Balaban J connectivity index is 1.64. The van der Waals surface area contributed by atoms with E-state index in [1.165, 1.54) is 32.5 Å². The Labute approximate surface area is 98.7 Å². The molecule has 0 bridgehead atoms. The third-order valence-corrected chi connectivity index (χ3v) is 3.52. The van der Waals surface area contributed by atoms with E-state index >= 15 is 0 Å². The second kappa shape index (κ2) is 6.55. The van der Waals surface area contributed by atoms with Gasteiger partial charge in [-0.1, -0.05) is 0 Å².